The Morgan fingerprint density at radius 3 is 2.31 bits per heavy atom. The number of furan rings is 1. The molecule has 5 N–H and O–H groups in total. The normalized spacial score (nSPS) is 27.2. The number of fused-ring (bicyclic) bond motifs is 5. The Balaban J connectivity index is 1.79. The third-order valence-electron chi connectivity index (χ3n) is 8.43. The highest BCUT2D eigenvalue weighted by Crippen LogP contribution is 2.53. The number of hydrogen-bond donors (Lipinski definition) is 4. The van der Waals surface area contributed by atoms with Crippen molar-refractivity contribution in [1.82, 2.24) is 4.90 Å². The van der Waals surface area contributed by atoms with E-state index in [0.29, 0.717) is 17.6 Å². The van der Waals surface area contributed by atoms with Crippen molar-refractivity contribution in [1.29, 1.82) is 0 Å². The summed E-state index contributed by atoms with van der Waals surface area (Å²) in [5.74, 6) is -5.86. The summed E-state index contributed by atoms with van der Waals surface area (Å²) in [6.07, 6.45) is 0.454. The molecule has 39 heavy (non-hydrogen) atoms. The smallest absolute Gasteiger partial charge is 0.255 e. The summed E-state index contributed by atoms with van der Waals surface area (Å²) < 4.78 is 6.30. The average Bonchev–Trinajstić information content (AvgIpc) is 3.25. The number of carbonyl (C=O) groups excluding carboxylic acids is 3. The van der Waals surface area contributed by atoms with Gasteiger partial charge in [-0.1, -0.05) is 19.6 Å². The van der Waals surface area contributed by atoms with E-state index in [0.717, 1.165) is 22.0 Å². The Morgan fingerprint density at radius 2 is 1.77 bits per heavy atom. The van der Waals surface area contributed by atoms with E-state index in [9.17, 15) is 29.7 Å². The van der Waals surface area contributed by atoms with Crippen LogP contribution in [0.1, 0.15) is 22.3 Å². The number of allylic oxidation sites excluding steroid dienone is 1. The Kier molecular flexibility index (Phi) is 5.95. The molecule has 0 bridgehead atoms. The van der Waals surface area contributed by atoms with Gasteiger partial charge in [-0.3, -0.25) is 19.3 Å². The molecule has 2 aromatic rings. The Bertz CT molecular complexity index is 1530. The Morgan fingerprint density at radius 1 is 1.13 bits per heavy atom. The molecule has 3 aliphatic rings. The van der Waals surface area contributed by atoms with Gasteiger partial charge in [-0.15, -0.1) is 0 Å². The number of primary amides is 1. The maximum atomic E-state index is 14.3. The molecule has 1 aromatic carbocycles. The van der Waals surface area contributed by atoms with Gasteiger partial charge in [0, 0.05) is 36.7 Å². The van der Waals surface area contributed by atoms with Crippen molar-refractivity contribution < 1.29 is 34.1 Å². The number of aliphatic hydroxyl groups excluding tert-OH is 2. The van der Waals surface area contributed by atoms with E-state index < -0.39 is 66.1 Å². The van der Waals surface area contributed by atoms with Crippen LogP contribution in [0.5, 0.6) is 0 Å². The molecule has 0 radical (unpaired) electrons. The summed E-state index contributed by atoms with van der Waals surface area (Å²) in [5, 5.41) is 35.9. The zero-order chi connectivity index (χ0) is 28.9. The van der Waals surface area contributed by atoms with Crippen LogP contribution in [0.15, 0.2) is 39.2 Å². The molecule has 0 saturated carbocycles. The number of rotatable bonds is 4. The molecule has 1 amide bonds. The van der Waals surface area contributed by atoms with Crippen LogP contribution < -0.4 is 16.0 Å². The first-order chi connectivity index (χ1) is 18.0. The molecule has 11 heteroatoms. The van der Waals surface area contributed by atoms with E-state index >= 15 is 0 Å². The van der Waals surface area contributed by atoms with E-state index in [2.05, 4.69) is 19.6 Å². The second-order valence-electron chi connectivity index (χ2n) is 12.4. The van der Waals surface area contributed by atoms with Gasteiger partial charge in [0.15, 0.2) is 11.4 Å². The van der Waals surface area contributed by atoms with Gasteiger partial charge in [0.05, 0.1) is 17.0 Å². The van der Waals surface area contributed by atoms with E-state index in [-0.39, 0.29) is 12.0 Å². The van der Waals surface area contributed by atoms with Gasteiger partial charge < -0.3 is 30.4 Å². The third kappa shape index (κ3) is 3.63. The van der Waals surface area contributed by atoms with Gasteiger partial charge in [-0.05, 0) is 50.6 Å². The van der Waals surface area contributed by atoms with E-state index in [1.54, 1.807) is 19.0 Å². The lowest BCUT2D eigenvalue weighted by Crippen LogP contribution is -2.63. The predicted molar refractivity (Wildman–Crippen MR) is 149 cm³/mol. The van der Waals surface area contributed by atoms with Crippen molar-refractivity contribution in [2.24, 2.45) is 17.6 Å². The van der Waals surface area contributed by atoms with E-state index in [1.807, 2.05) is 31.1 Å². The molecular weight excluding hydrogens is 518 g/mol. The number of Topliss-reactive ketones (excluding diaryl/α,β-unsaturated/α-hetero) is 2. The maximum absolute atomic E-state index is 14.3. The molecule has 208 valence electrons. The van der Waals surface area contributed by atoms with Crippen molar-refractivity contribution in [3.63, 3.8) is 0 Å². The number of benzene rings is 1. The first kappa shape index (κ1) is 27.2. The first-order valence-corrected chi connectivity index (χ1v) is 16.4. The van der Waals surface area contributed by atoms with Gasteiger partial charge in [0.25, 0.3) is 5.91 Å². The minimum absolute atomic E-state index is 0.0690. The summed E-state index contributed by atoms with van der Waals surface area (Å²) in [5.41, 5.74) is 4.31. The van der Waals surface area contributed by atoms with E-state index in [4.69, 9.17) is 10.2 Å². The lowest BCUT2D eigenvalue weighted by molar-refractivity contribution is -0.148. The fraction of sp³-hybridized carbons (Fsp3) is 0.464. The zero-order valence-corrected chi connectivity index (χ0v) is 24.2. The number of carbonyl (C=O) groups is 3. The number of nitrogens with zero attached hydrogens (tertiary/aromatic N) is 2. The standard InChI is InChI=1S/C28H35N3O7Si/c1-30(2)16-10-13-11-17(39(5,6)7)38-24(13)19-14(16)8-12-9-15-21(31(3)4)23(33)20(27(29)36)26(35)28(15,37)25(34)18(12)22(19)32/h10-12,15,21,33-34,37H,8-9H2,1-7H3,(H2,29,36)/t12?,15?,21-,28-/m0/s1. The number of aliphatic hydroxyl groups is 3. The topological polar surface area (TPSA) is 158 Å². The van der Waals surface area contributed by atoms with Crippen LogP contribution in [-0.2, 0) is 16.0 Å². The quantitative estimate of drug-likeness (QED) is 0.327. The predicted octanol–water partition coefficient (Wildman–Crippen LogP) is 1.77. The van der Waals surface area contributed by atoms with Crippen molar-refractivity contribution in [3.8, 4) is 0 Å². The van der Waals surface area contributed by atoms with Crippen molar-refractivity contribution in [2.45, 2.75) is 44.1 Å². The summed E-state index contributed by atoms with van der Waals surface area (Å²) in [4.78, 5) is 43.4. The minimum atomic E-state index is -2.60. The van der Waals surface area contributed by atoms with Gasteiger partial charge >= 0.3 is 0 Å². The van der Waals surface area contributed by atoms with Gasteiger partial charge in [-0.2, -0.15) is 0 Å². The van der Waals surface area contributed by atoms with Crippen molar-refractivity contribution in [3.05, 3.63) is 45.9 Å². The summed E-state index contributed by atoms with van der Waals surface area (Å²) in [6, 6.07) is 2.98. The lowest BCUT2D eigenvalue weighted by atomic mass is 9.58. The highest BCUT2D eigenvalue weighted by atomic mass is 28.3. The number of hydrogen-bond acceptors (Lipinski definition) is 9. The van der Waals surface area contributed by atoms with Crippen LogP contribution in [-0.4, -0.2) is 85.6 Å². The highest BCUT2D eigenvalue weighted by Gasteiger charge is 2.63. The lowest BCUT2D eigenvalue weighted by Gasteiger charge is -2.50. The third-order valence-corrected chi connectivity index (χ3v) is 10.2. The van der Waals surface area contributed by atoms with Crippen LogP contribution in [0.3, 0.4) is 0 Å². The molecule has 3 aliphatic carbocycles. The van der Waals surface area contributed by atoms with E-state index in [1.165, 1.54) is 0 Å². The summed E-state index contributed by atoms with van der Waals surface area (Å²) in [7, 11) is 5.16. The fourth-order valence-electron chi connectivity index (χ4n) is 6.57. The fourth-order valence-corrected chi connectivity index (χ4v) is 7.57. The van der Waals surface area contributed by atoms with Crippen LogP contribution >= 0.6 is 0 Å². The van der Waals surface area contributed by atoms with Crippen molar-refractivity contribution in [2.75, 3.05) is 33.1 Å². The van der Waals surface area contributed by atoms with Crippen LogP contribution in [0, 0.1) is 11.8 Å². The van der Waals surface area contributed by atoms with Crippen molar-refractivity contribution >= 4 is 47.6 Å². The SMILES string of the molecule is CN(C)c1cc2cc([Si](C)(C)C)oc2c2c1CC1CC3[C@H](N(C)C)C(O)=C(C(N)=O)C(=O)[C@@]3(O)C(O)=C1C2=O. The highest BCUT2D eigenvalue weighted by molar-refractivity contribution is 6.87. The summed E-state index contributed by atoms with van der Waals surface area (Å²) >= 11 is 0. The average molecular weight is 554 g/mol. The first-order valence-electron chi connectivity index (χ1n) is 12.9. The molecule has 0 aliphatic heterocycles. The number of ketones is 2. The molecule has 4 atom stereocenters. The van der Waals surface area contributed by atoms with Crippen LogP contribution in [0.2, 0.25) is 19.6 Å². The molecule has 5 rings (SSSR count). The van der Waals surface area contributed by atoms with Gasteiger partial charge in [0.1, 0.15) is 30.7 Å². The minimum Gasteiger partial charge on any atom is -0.510 e. The van der Waals surface area contributed by atoms with Crippen LogP contribution in [0.4, 0.5) is 5.69 Å². The molecule has 0 spiro atoms. The molecule has 0 fully saturated rings. The molecule has 10 nitrogen and oxygen atoms in total. The van der Waals surface area contributed by atoms with Gasteiger partial charge in [-0.25, -0.2) is 0 Å². The largest absolute Gasteiger partial charge is 0.510 e. The molecule has 2 unspecified atom stereocenters. The number of anilines is 1. The van der Waals surface area contributed by atoms with Gasteiger partial charge in [0.2, 0.25) is 5.78 Å². The molecule has 0 saturated heterocycles. The summed E-state index contributed by atoms with van der Waals surface area (Å²) in [6.45, 7) is 6.42. The maximum Gasteiger partial charge on any atom is 0.255 e. The molecule has 1 heterocycles. The zero-order valence-electron chi connectivity index (χ0n) is 23.2. The monoisotopic (exact) mass is 553 g/mol. The van der Waals surface area contributed by atoms with Crippen LogP contribution in [0.25, 0.3) is 11.0 Å². The Labute approximate surface area is 227 Å². The number of likely N-dealkylation sites (N-methyl/N-ethyl adjacent to an activating group) is 1. The second kappa shape index (κ2) is 8.54. The number of amides is 1. The Hall–Kier alpha value is -3.41. The number of nitrogens with two attached hydrogens (primary N) is 1. The molecule has 1 aromatic heterocycles. The second-order valence-corrected chi connectivity index (χ2v) is 17.4. The molecular formula is C28H35N3O7Si.